The highest BCUT2D eigenvalue weighted by Gasteiger charge is 2.22. The maximum absolute atomic E-state index is 5.44. The fraction of sp³-hybridized carbons (Fsp3) is 0. The van der Waals surface area contributed by atoms with Gasteiger partial charge >= 0.3 is 0 Å². The lowest BCUT2D eigenvalue weighted by Gasteiger charge is -2.15. The summed E-state index contributed by atoms with van der Waals surface area (Å²) >= 11 is 0. The van der Waals surface area contributed by atoms with E-state index in [-0.39, 0.29) is 0 Å². The Balaban J connectivity index is 1.10. The third-order valence-corrected chi connectivity index (χ3v) is 11.4. The van der Waals surface area contributed by atoms with E-state index in [4.69, 9.17) is 19.9 Å². The van der Waals surface area contributed by atoms with Crippen LogP contribution in [0.2, 0.25) is 0 Å². The number of nitrogens with zero attached hydrogens (tertiary/aromatic N) is 6. The molecule has 0 spiro atoms. The van der Waals surface area contributed by atoms with E-state index in [0.717, 1.165) is 99.7 Å². The average molecular weight is 741 g/mol. The summed E-state index contributed by atoms with van der Waals surface area (Å²) in [5.74, 6) is 1.57. The van der Waals surface area contributed by atoms with Gasteiger partial charge in [0.15, 0.2) is 11.6 Å². The van der Waals surface area contributed by atoms with Crippen molar-refractivity contribution in [2.24, 2.45) is 0 Å². The fourth-order valence-corrected chi connectivity index (χ4v) is 8.63. The zero-order valence-corrected chi connectivity index (χ0v) is 31.2. The van der Waals surface area contributed by atoms with Gasteiger partial charge in [-0.1, -0.05) is 133 Å². The standard InChI is InChI=1S/C52H32N6/c1-2-13-33(14-3-1)34-25-27-35(28-26-34)36-15-12-16-37(29-36)51-52(56-45-22-9-8-21-44(45)55-51)58-47-24-11-5-18-39(47)41-30-48-40(31-49(41)58)38-17-4-10-23-46(38)57(48)50-32-53-42-19-6-7-20-43(42)54-50/h1-32H. The van der Waals surface area contributed by atoms with Gasteiger partial charge in [0.05, 0.1) is 50.3 Å². The molecule has 0 fully saturated rings. The van der Waals surface area contributed by atoms with Gasteiger partial charge in [0, 0.05) is 27.1 Å². The van der Waals surface area contributed by atoms with Gasteiger partial charge in [-0.3, -0.25) is 14.1 Å². The molecule has 4 heterocycles. The van der Waals surface area contributed by atoms with Crippen molar-refractivity contribution in [2.45, 2.75) is 0 Å². The van der Waals surface area contributed by atoms with Crippen molar-refractivity contribution in [1.82, 2.24) is 29.1 Å². The average Bonchev–Trinajstić information content (AvgIpc) is 3.80. The van der Waals surface area contributed by atoms with Gasteiger partial charge < -0.3 is 0 Å². The molecule has 8 aromatic carbocycles. The van der Waals surface area contributed by atoms with Crippen molar-refractivity contribution in [2.75, 3.05) is 0 Å². The molecular formula is C52H32N6. The number of rotatable bonds is 5. The van der Waals surface area contributed by atoms with Crippen LogP contribution in [-0.4, -0.2) is 29.1 Å². The minimum absolute atomic E-state index is 0.782. The Kier molecular flexibility index (Phi) is 7.13. The second kappa shape index (κ2) is 12.8. The summed E-state index contributed by atoms with van der Waals surface area (Å²) in [6, 6.07) is 65.9. The van der Waals surface area contributed by atoms with E-state index in [2.05, 4.69) is 149 Å². The van der Waals surface area contributed by atoms with Crippen molar-refractivity contribution in [1.29, 1.82) is 0 Å². The summed E-state index contributed by atoms with van der Waals surface area (Å²) in [5.41, 5.74) is 14.1. The van der Waals surface area contributed by atoms with Crippen molar-refractivity contribution in [3.05, 3.63) is 194 Å². The highest BCUT2D eigenvalue weighted by Crippen LogP contribution is 2.41. The van der Waals surface area contributed by atoms with Crippen LogP contribution in [0.5, 0.6) is 0 Å². The molecule has 0 radical (unpaired) electrons. The highest BCUT2D eigenvalue weighted by molar-refractivity contribution is 6.19. The molecule has 58 heavy (non-hydrogen) atoms. The Labute approximate surface area is 333 Å². The van der Waals surface area contributed by atoms with E-state index in [9.17, 15) is 0 Å². The van der Waals surface area contributed by atoms with Crippen molar-refractivity contribution < 1.29 is 0 Å². The molecule has 6 nitrogen and oxygen atoms in total. The second-order valence-electron chi connectivity index (χ2n) is 14.7. The van der Waals surface area contributed by atoms with Gasteiger partial charge in [-0.05, 0) is 76.9 Å². The number of fused-ring (bicyclic) bond motifs is 8. The number of aromatic nitrogens is 6. The van der Waals surface area contributed by atoms with E-state index in [1.54, 1.807) is 0 Å². The first kappa shape index (κ1) is 32.3. The Bertz CT molecular complexity index is 3560. The molecule has 270 valence electrons. The molecule has 0 bridgehead atoms. The molecule has 12 rings (SSSR count). The Hall–Kier alpha value is -7.96. The first-order chi connectivity index (χ1) is 28.7. The van der Waals surface area contributed by atoms with Crippen LogP contribution in [0.1, 0.15) is 0 Å². The molecule has 0 unspecified atom stereocenters. The van der Waals surface area contributed by atoms with Gasteiger partial charge in [-0.25, -0.2) is 15.0 Å². The number of hydrogen-bond donors (Lipinski definition) is 0. The summed E-state index contributed by atoms with van der Waals surface area (Å²) in [7, 11) is 0. The smallest absolute Gasteiger partial charge is 0.165 e. The van der Waals surface area contributed by atoms with Crippen LogP contribution in [-0.2, 0) is 0 Å². The fourth-order valence-electron chi connectivity index (χ4n) is 8.63. The minimum atomic E-state index is 0.782. The van der Waals surface area contributed by atoms with Crippen LogP contribution in [0.25, 0.3) is 111 Å². The Morgan fingerprint density at radius 3 is 1.52 bits per heavy atom. The molecular weight excluding hydrogens is 709 g/mol. The number of para-hydroxylation sites is 6. The van der Waals surface area contributed by atoms with Gasteiger partial charge in [0.25, 0.3) is 0 Å². The first-order valence-electron chi connectivity index (χ1n) is 19.5. The zero-order chi connectivity index (χ0) is 38.2. The van der Waals surface area contributed by atoms with E-state index in [0.29, 0.717) is 0 Å². The Morgan fingerprint density at radius 2 is 0.810 bits per heavy atom. The third-order valence-electron chi connectivity index (χ3n) is 11.4. The van der Waals surface area contributed by atoms with E-state index < -0.39 is 0 Å². The molecule has 12 aromatic rings. The highest BCUT2D eigenvalue weighted by atomic mass is 15.1. The SMILES string of the molecule is c1ccc(-c2ccc(-c3cccc(-c4nc5ccccc5nc4-n4c5ccccc5c5cc6c(cc54)c4ccccc4n6-c4cnc5ccccc5n4)c3)cc2)cc1. The van der Waals surface area contributed by atoms with Crippen LogP contribution >= 0.6 is 0 Å². The molecule has 0 amide bonds. The molecule has 0 aliphatic heterocycles. The largest absolute Gasteiger partial charge is 0.292 e. The number of benzene rings is 8. The molecule has 0 saturated heterocycles. The van der Waals surface area contributed by atoms with E-state index >= 15 is 0 Å². The van der Waals surface area contributed by atoms with Gasteiger partial charge in [0.2, 0.25) is 0 Å². The Morgan fingerprint density at radius 1 is 0.310 bits per heavy atom. The quantitative estimate of drug-likeness (QED) is 0.176. The molecule has 0 atom stereocenters. The molecule has 0 aliphatic carbocycles. The van der Waals surface area contributed by atoms with Crippen LogP contribution in [0.3, 0.4) is 0 Å². The monoisotopic (exact) mass is 740 g/mol. The van der Waals surface area contributed by atoms with E-state index in [1.165, 1.54) is 11.1 Å². The summed E-state index contributed by atoms with van der Waals surface area (Å²) in [4.78, 5) is 20.7. The molecule has 0 N–H and O–H groups in total. The predicted molar refractivity (Wildman–Crippen MR) is 238 cm³/mol. The van der Waals surface area contributed by atoms with Gasteiger partial charge in [-0.2, -0.15) is 0 Å². The van der Waals surface area contributed by atoms with Crippen molar-refractivity contribution in [3.8, 4) is 45.1 Å². The molecule has 4 aromatic heterocycles. The van der Waals surface area contributed by atoms with Gasteiger partial charge in [-0.15, -0.1) is 0 Å². The van der Waals surface area contributed by atoms with Crippen LogP contribution in [0, 0.1) is 0 Å². The topological polar surface area (TPSA) is 61.4 Å². The maximum Gasteiger partial charge on any atom is 0.165 e. The third kappa shape index (κ3) is 5.05. The van der Waals surface area contributed by atoms with Crippen LogP contribution < -0.4 is 0 Å². The maximum atomic E-state index is 5.44. The van der Waals surface area contributed by atoms with Crippen LogP contribution in [0.4, 0.5) is 0 Å². The lowest BCUT2D eigenvalue weighted by molar-refractivity contribution is 1.07. The lowest BCUT2D eigenvalue weighted by atomic mass is 9.98. The molecule has 6 heteroatoms. The van der Waals surface area contributed by atoms with Crippen molar-refractivity contribution >= 4 is 65.7 Å². The summed E-state index contributed by atoms with van der Waals surface area (Å²) in [5, 5.41) is 4.52. The van der Waals surface area contributed by atoms with Gasteiger partial charge in [0.1, 0.15) is 5.69 Å². The van der Waals surface area contributed by atoms with E-state index in [1.807, 2.05) is 54.7 Å². The number of hydrogen-bond acceptors (Lipinski definition) is 4. The first-order valence-corrected chi connectivity index (χ1v) is 19.5. The molecule has 0 aliphatic rings. The van der Waals surface area contributed by atoms with Crippen molar-refractivity contribution in [3.63, 3.8) is 0 Å². The van der Waals surface area contributed by atoms with Crippen LogP contribution in [0.15, 0.2) is 194 Å². The second-order valence-corrected chi connectivity index (χ2v) is 14.7. The lowest BCUT2D eigenvalue weighted by Crippen LogP contribution is -2.04. The summed E-state index contributed by atoms with van der Waals surface area (Å²) < 4.78 is 4.55. The predicted octanol–water partition coefficient (Wildman–Crippen LogP) is 12.8. The summed E-state index contributed by atoms with van der Waals surface area (Å²) in [6.45, 7) is 0. The normalized spacial score (nSPS) is 11.8. The summed E-state index contributed by atoms with van der Waals surface area (Å²) in [6.07, 6.45) is 1.88. The zero-order valence-electron chi connectivity index (χ0n) is 31.2. The molecule has 0 saturated carbocycles. The minimum Gasteiger partial charge on any atom is -0.292 e.